The molecular formula is C25H29N7O2. The lowest BCUT2D eigenvalue weighted by atomic mass is 10.1. The second-order valence-electron chi connectivity index (χ2n) is 8.60. The van der Waals surface area contributed by atoms with Crippen LogP contribution < -0.4 is 9.64 Å². The highest BCUT2D eigenvalue weighted by molar-refractivity contribution is 5.88. The summed E-state index contributed by atoms with van der Waals surface area (Å²) in [6.07, 6.45) is 5.35. The molecule has 9 heteroatoms. The molecule has 0 aliphatic carbocycles. The van der Waals surface area contributed by atoms with E-state index in [0.717, 1.165) is 70.5 Å². The van der Waals surface area contributed by atoms with Crippen molar-refractivity contribution in [1.82, 2.24) is 29.7 Å². The molecule has 5 rings (SSSR count). The summed E-state index contributed by atoms with van der Waals surface area (Å²) >= 11 is 0. The van der Waals surface area contributed by atoms with Crippen LogP contribution >= 0.6 is 0 Å². The number of nitrogens with zero attached hydrogens (tertiary/aromatic N) is 7. The molecule has 1 aromatic carbocycles. The first-order chi connectivity index (χ1) is 16.6. The number of hydrogen-bond acceptors (Lipinski definition) is 8. The summed E-state index contributed by atoms with van der Waals surface area (Å²) in [4.78, 5) is 16.7. The fraction of sp³-hybridized carbons (Fsp3) is 0.400. The van der Waals surface area contributed by atoms with Crippen molar-refractivity contribution in [3.05, 3.63) is 53.9 Å². The lowest BCUT2D eigenvalue weighted by Crippen LogP contribution is -2.24. The van der Waals surface area contributed by atoms with Crippen LogP contribution in [0.2, 0.25) is 0 Å². The van der Waals surface area contributed by atoms with Crippen molar-refractivity contribution in [3.63, 3.8) is 0 Å². The zero-order valence-electron chi connectivity index (χ0n) is 20.0. The largest absolute Gasteiger partial charge is 0.494 e. The van der Waals surface area contributed by atoms with Gasteiger partial charge >= 0.3 is 0 Å². The normalized spacial score (nSPS) is 15.9. The summed E-state index contributed by atoms with van der Waals surface area (Å²) in [5.74, 6) is 3.23. The number of aromatic nitrogens is 6. The maximum atomic E-state index is 5.97. The molecule has 1 aliphatic rings. The van der Waals surface area contributed by atoms with E-state index in [4.69, 9.17) is 19.4 Å². The van der Waals surface area contributed by atoms with Crippen molar-refractivity contribution in [3.8, 4) is 17.1 Å². The predicted octanol–water partition coefficient (Wildman–Crippen LogP) is 3.34. The van der Waals surface area contributed by atoms with Crippen LogP contribution in [-0.2, 0) is 18.2 Å². The van der Waals surface area contributed by atoms with Crippen molar-refractivity contribution < 1.29 is 9.47 Å². The Hall–Kier alpha value is -3.59. The minimum atomic E-state index is 0.222. The molecular weight excluding hydrogens is 430 g/mol. The van der Waals surface area contributed by atoms with Crippen LogP contribution in [0.4, 0.5) is 5.82 Å². The fourth-order valence-electron chi connectivity index (χ4n) is 4.45. The first-order valence-electron chi connectivity index (χ1n) is 11.6. The number of aryl methyl sites for hydroxylation is 2. The number of ether oxygens (including phenoxy) is 2. The number of anilines is 1. The van der Waals surface area contributed by atoms with Gasteiger partial charge in [0.15, 0.2) is 11.6 Å². The summed E-state index contributed by atoms with van der Waals surface area (Å²) in [6, 6.07) is 8.14. The average Bonchev–Trinajstić information content (AvgIpc) is 3.49. The molecule has 0 bridgehead atoms. The minimum Gasteiger partial charge on any atom is -0.494 e. The molecule has 0 radical (unpaired) electrons. The maximum absolute atomic E-state index is 5.97. The highest BCUT2D eigenvalue weighted by atomic mass is 16.5. The van der Waals surface area contributed by atoms with Gasteiger partial charge in [0.05, 0.1) is 12.7 Å². The second kappa shape index (κ2) is 9.34. The van der Waals surface area contributed by atoms with E-state index in [1.807, 2.05) is 49.9 Å². The van der Waals surface area contributed by atoms with Gasteiger partial charge in [0.25, 0.3) is 0 Å². The highest BCUT2D eigenvalue weighted by Gasteiger charge is 2.25. The van der Waals surface area contributed by atoms with Crippen LogP contribution in [0, 0.1) is 6.92 Å². The number of pyridine rings is 1. The van der Waals surface area contributed by atoms with Crippen molar-refractivity contribution in [1.29, 1.82) is 0 Å². The van der Waals surface area contributed by atoms with Crippen molar-refractivity contribution in [2.24, 2.45) is 7.05 Å². The molecule has 0 spiro atoms. The zero-order chi connectivity index (χ0) is 23.7. The van der Waals surface area contributed by atoms with E-state index in [1.165, 1.54) is 0 Å². The number of hydrogen-bond donors (Lipinski definition) is 0. The predicted molar refractivity (Wildman–Crippen MR) is 130 cm³/mol. The molecule has 1 aliphatic heterocycles. The van der Waals surface area contributed by atoms with Gasteiger partial charge in [-0.25, -0.2) is 15.0 Å². The summed E-state index contributed by atoms with van der Waals surface area (Å²) < 4.78 is 13.4. The first kappa shape index (κ1) is 22.2. The zero-order valence-corrected chi connectivity index (χ0v) is 20.0. The third kappa shape index (κ3) is 4.31. The molecule has 0 N–H and O–H groups in total. The minimum absolute atomic E-state index is 0.222. The summed E-state index contributed by atoms with van der Waals surface area (Å²) in [5.41, 5.74) is 3.81. The monoisotopic (exact) mass is 459 g/mol. The van der Waals surface area contributed by atoms with E-state index in [9.17, 15) is 0 Å². The van der Waals surface area contributed by atoms with Gasteiger partial charge in [0.2, 0.25) is 0 Å². The smallest absolute Gasteiger partial charge is 0.163 e. The van der Waals surface area contributed by atoms with Crippen molar-refractivity contribution in [2.75, 3.05) is 31.7 Å². The standard InChI is InChI=1S/C25H29N7O2/c1-5-34-21-11-18(24-30-27-15-31(24)3)7-6-17(21)12-22-26-13-19-10-16(2)28-25(23(19)29-22)32-9-8-20(14-32)33-4/h6-7,10-11,13,15,20H,5,8-9,12,14H2,1-4H3. The maximum Gasteiger partial charge on any atom is 0.163 e. The van der Waals surface area contributed by atoms with Crippen molar-refractivity contribution >= 4 is 16.7 Å². The van der Waals surface area contributed by atoms with E-state index in [2.05, 4.69) is 26.1 Å². The lowest BCUT2D eigenvalue weighted by Gasteiger charge is -2.19. The van der Waals surface area contributed by atoms with Gasteiger partial charge in [-0.3, -0.25) is 0 Å². The number of methoxy groups -OCH3 is 1. The Kier molecular flexibility index (Phi) is 6.10. The summed E-state index contributed by atoms with van der Waals surface area (Å²) in [5, 5.41) is 9.19. The van der Waals surface area contributed by atoms with Crippen molar-refractivity contribution in [2.45, 2.75) is 32.8 Å². The van der Waals surface area contributed by atoms with Crippen LogP contribution in [0.15, 0.2) is 36.8 Å². The molecule has 1 saturated heterocycles. The topological polar surface area (TPSA) is 91.1 Å². The first-order valence-corrected chi connectivity index (χ1v) is 11.6. The van der Waals surface area contributed by atoms with Crippen LogP contribution in [0.1, 0.15) is 30.4 Å². The molecule has 3 aromatic heterocycles. The Bertz CT molecular complexity index is 1320. The Morgan fingerprint density at radius 3 is 2.79 bits per heavy atom. The molecule has 1 atom stereocenters. The van der Waals surface area contributed by atoms with E-state index in [1.54, 1.807) is 13.4 Å². The Labute approximate surface area is 198 Å². The van der Waals surface area contributed by atoms with Crippen LogP contribution in [0.5, 0.6) is 5.75 Å². The van der Waals surface area contributed by atoms with E-state index >= 15 is 0 Å². The van der Waals surface area contributed by atoms with Gasteiger partial charge in [-0.1, -0.05) is 12.1 Å². The molecule has 176 valence electrons. The molecule has 0 amide bonds. The molecule has 4 heterocycles. The number of benzene rings is 1. The van der Waals surface area contributed by atoms with Crippen LogP contribution in [0.3, 0.4) is 0 Å². The molecule has 0 saturated carbocycles. The lowest BCUT2D eigenvalue weighted by molar-refractivity contribution is 0.121. The number of rotatable bonds is 7. The van der Waals surface area contributed by atoms with Gasteiger partial charge in [-0.15, -0.1) is 10.2 Å². The van der Waals surface area contributed by atoms with E-state index < -0.39 is 0 Å². The van der Waals surface area contributed by atoms with E-state index in [0.29, 0.717) is 13.0 Å². The summed E-state index contributed by atoms with van der Waals surface area (Å²) in [6.45, 7) is 6.28. The third-order valence-corrected chi connectivity index (χ3v) is 6.19. The van der Waals surface area contributed by atoms with Gasteiger partial charge < -0.3 is 18.9 Å². The van der Waals surface area contributed by atoms with Gasteiger partial charge in [-0.05, 0) is 32.4 Å². The molecule has 1 fully saturated rings. The molecule has 1 unspecified atom stereocenters. The SMILES string of the molecule is CCOc1cc(-c2nncn2C)ccc1Cc1ncc2cc(C)nc(N3CCC(OC)C3)c2n1. The highest BCUT2D eigenvalue weighted by Crippen LogP contribution is 2.30. The van der Waals surface area contributed by atoms with Gasteiger partial charge in [-0.2, -0.15) is 0 Å². The quantitative estimate of drug-likeness (QED) is 0.416. The Morgan fingerprint density at radius 2 is 2.06 bits per heavy atom. The van der Waals surface area contributed by atoms with Crippen LogP contribution in [-0.4, -0.2) is 62.6 Å². The average molecular weight is 460 g/mol. The third-order valence-electron chi connectivity index (χ3n) is 6.19. The fourth-order valence-corrected chi connectivity index (χ4v) is 4.45. The van der Waals surface area contributed by atoms with Gasteiger partial charge in [0.1, 0.15) is 23.4 Å². The van der Waals surface area contributed by atoms with E-state index in [-0.39, 0.29) is 6.10 Å². The molecule has 9 nitrogen and oxygen atoms in total. The Balaban J connectivity index is 1.50. The van der Waals surface area contributed by atoms with Crippen LogP contribution in [0.25, 0.3) is 22.3 Å². The van der Waals surface area contributed by atoms with Gasteiger partial charge in [0, 0.05) is 62.1 Å². The second-order valence-corrected chi connectivity index (χ2v) is 8.60. The molecule has 34 heavy (non-hydrogen) atoms. The Morgan fingerprint density at radius 1 is 1.18 bits per heavy atom. The summed E-state index contributed by atoms with van der Waals surface area (Å²) in [7, 11) is 3.69. The number of fused-ring (bicyclic) bond motifs is 1. The molecule has 4 aromatic rings.